The van der Waals surface area contributed by atoms with Crippen LogP contribution in [0.5, 0.6) is 0 Å². The number of hydrogen-bond acceptors (Lipinski definition) is 2. The highest BCUT2D eigenvalue weighted by molar-refractivity contribution is 9.10. The Balaban J connectivity index is 2.10. The van der Waals surface area contributed by atoms with Crippen molar-refractivity contribution < 1.29 is 4.79 Å². The molecule has 0 saturated carbocycles. The van der Waals surface area contributed by atoms with Gasteiger partial charge in [-0.3, -0.25) is 4.79 Å². The van der Waals surface area contributed by atoms with Crippen LogP contribution in [-0.2, 0) is 4.79 Å². The second kappa shape index (κ2) is 5.54. The molecular formula is C13H17BrN2O. The first kappa shape index (κ1) is 12.4. The van der Waals surface area contributed by atoms with Crippen LogP contribution in [0.15, 0.2) is 22.7 Å². The first-order chi connectivity index (χ1) is 8.16. The number of aryl methyl sites for hydroxylation is 1. The fraction of sp³-hybridized carbons (Fsp3) is 0.462. The summed E-state index contributed by atoms with van der Waals surface area (Å²) in [7, 11) is 0. The topological polar surface area (TPSA) is 41.1 Å². The SMILES string of the molecule is Cc1cc(Br)ccc1NC1CCCCNC1=O. The lowest BCUT2D eigenvalue weighted by atomic mass is 10.1. The molecule has 2 rings (SSSR count). The van der Waals surface area contributed by atoms with E-state index < -0.39 is 0 Å². The van der Waals surface area contributed by atoms with Gasteiger partial charge in [0.15, 0.2) is 0 Å². The van der Waals surface area contributed by atoms with Gasteiger partial charge in [0.05, 0.1) is 0 Å². The van der Waals surface area contributed by atoms with Gasteiger partial charge in [0.25, 0.3) is 0 Å². The fourth-order valence-electron chi connectivity index (χ4n) is 2.05. The van der Waals surface area contributed by atoms with Crippen LogP contribution in [0.1, 0.15) is 24.8 Å². The summed E-state index contributed by atoms with van der Waals surface area (Å²) in [4.78, 5) is 11.8. The number of rotatable bonds is 2. The Hall–Kier alpha value is -1.03. The molecule has 1 aliphatic rings. The van der Waals surface area contributed by atoms with Gasteiger partial charge >= 0.3 is 0 Å². The van der Waals surface area contributed by atoms with Crippen molar-refractivity contribution in [3.05, 3.63) is 28.2 Å². The maximum Gasteiger partial charge on any atom is 0.242 e. The van der Waals surface area contributed by atoms with E-state index >= 15 is 0 Å². The molecule has 0 bridgehead atoms. The molecule has 1 aromatic rings. The van der Waals surface area contributed by atoms with Gasteiger partial charge in [-0.2, -0.15) is 0 Å². The van der Waals surface area contributed by atoms with Crippen LogP contribution in [0.3, 0.4) is 0 Å². The van der Waals surface area contributed by atoms with Crippen molar-refractivity contribution in [2.75, 3.05) is 11.9 Å². The third-order valence-corrected chi connectivity index (χ3v) is 3.55. The second-order valence-corrected chi connectivity index (χ2v) is 5.36. The van der Waals surface area contributed by atoms with E-state index in [0.29, 0.717) is 0 Å². The average Bonchev–Trinajstić information content (AvgIpc) is 2.48. The predicted molar refractivity (Wildman–Crippen MR) is 73.2 cm³/mol. The van der Waals surface area contributed by atoms with Gasteiger partial charge in [0, 0.05) is 16.7 Å². The Morgan fingerprint density at radius 2 is 2.24 bits per heavy atom. The van der Waals surface area contributed by atoms with E-state index in [4.69, 9.17) is 0 Å². The minimum absolute atomic E-state index is 0.0997. The van der Waals surface area contributed by atoms with Crippen LogP contribution in [0.2, 0.25) is 0 Å². The first-order valence-corrected chi connectivity index (χ1v) is 6.76. The molecule has 92 valence electrons. The van der Waals surface area contributed by atoms with Crippen molar-refractivity contribution in [3.63, 3.8) is 0 Å². The van der Waals surface area contributed by atoms with Crippen molar-refractivity contribution in [1.82, 2.24) is 5.32 Å². The molecule has 1 atom stereocenters. The highest BCUT2D eigenvalue weighted by atomic mass is 79.9. The largest absolute Gasteiger partial charge is 0.373 e. The number of carbonyl (C=O) groups is 1. The number of amides is 1. The molecule has 1 saturated heterocycles. The summed E-state index contributed by atoms with van der Waals surface area (Å²) in [6, 6.07) is 5.95. The van der Waals surface area contributed by atoms with Gasteiger partial charge in [-0.1, -0.05) is 15.9 Å². The highest BCUT2D eigenvalue weighted by Crippen LogP contribution is 2.22. The number of benzene rings is 1. The van der Waals surface area contributed by atoms with E-state index in [1.54, 1.807) is 0 Å². The summed E-state index contributed by atoms with van der Waals surface area (Å²) in [5.74, 6) is 0.116. The van der Waals surface area contributed by atoms with E-state index in [2.05, 4.69) is 32.6 Å². The molecule has 1 heterocycles. The van der Waals surface area contributed by atoms with E-state index in [1.165, 1.54) is 0 Å². The van der Waals surface area contributed by atoms with E-state index in [-0.39, 0.29) is 11.9 Å². The first-order valence-electron chi connectivity index (χ1n) is 5.97. The monoisotopic (exact) mass is 296 g/mol. The molecule has 1 aromatic carbocycles. The predicted octanol–water partition coefficient (Wildman–Crippen LogP) is 2.84. The molecule has 0 aromatic heterocycles. The van der Waals surface area contributed by atoms with Gasteiger partial charge < -0.3 is 10.6 Å². The van der Waals surface area contributed by atoms with Gasteiger partial charge in [0.1, 0.15) is 6.04 Å². The van der Waals surface area contributed by atoms with E-state index in [1.807, 2.05) is 19.1 Å². The average molecular weight is 297 g/mol. The van der Waals surface area contributed by atoms with Crippen molar-refractivity contribution in [2.45, 2.75) is 32.2 Å². The van der Waals surface area contributed by atoms with E-state index in [9.17, 15) is 4.79 Å². The van der Waals surface area contributed by atoms with Gasteiger partial charge in [0.2, 0.25) is 5.91 Å². The van der Waals surface area contributed by atoms with Crippen LogP contribution >= 0.6 is 15.9 Å². The molecular weight excluding hydrogens is 280 g/mol. The number of carbonyl (C=O) groups excluding carboxylic acids is 1. The number of anilines is 1. The molecule has 1 fully saturated rings. The maximum absolute atomic E-state index is 11.8. The summed E-state index contributed by atoms with van der Waals surface area (Å²) in [6.45, 7) is 2.85. The quantitative estimate of drug-likeness (QED) is 0.881. The summed E-state index contributed by atoms with van der Waals surface area (Å²) >= 11 is 3.44. The normalized spacial score (nSPS) is 20.6. The zero-order valence-corrected chi connectivity index (χ0v) is 11.5. The standard InChI is InChI=1S/C13H17BrN2O/c1-9-8-10(14)5-6-11(9)16-12-4-2-3-7-15-13(12)17/h5-6,8,12,16H,2-4,7H2,1H3,(H,15,17). The molecule has 4 heteroatoms. The van der Waals surface area contributed by atoms with Crippen LogP contribution in [-0.4, -0.2) is 18.5 Å². The maximum atomic E-state index is 11.8. The summed E-state index contributed by atoms with van der Waals surface area (Å²) in [5.41, 5.74) is 2.19. The smallest absolute Gasteiger partial charge is 0.242 e. The molecule has 1 aliphatic heterocycles. The Labute approximate surface area is 110 Å². The Morgan fingerprint density at radius 3 is 3.00 bits per heavy atom. The van der Waals surface area contributed by atoms with Crippen molar-refractivity contribution in [3.8, 4) is 0 Å². The molecule has 0 aliphatic carbocycles. The zero-order valence-electron chi connectivity index (χ0n) is 9.92. The van der Waals surface area contributed by atoms with Gasteiger partial charge in [-0.25, -0.2) is 0 Å². The number of nitrogens with one attached hydrogen (secondary N) is 2. The zero-order chi connectivity index (χ0) is 12.3. The Kier molecular flexibility index (Phi) is 4.05. The summed E-state index contributed by atoms with van der Waals surface area (Å²) < 4.78 is 1.06. The third-order valence-electron chi connectivity index (χ3n) is 3.05. The molecule has 1 unspecified atom stereocenters. The molecule has 3 nitrogen and oxygen atoms in total. The molecule has 0 radical (unpaired) electrons. The fourth-order valence-corrected chi connectivity index (χ4v) is 2.53. The molecule has 0 spiro atoms. The molecule has 1 amide bonds. The lowest BCUT2D eigenvalue weighted by Gasteiger charge is -2.18. The van der Waals surface area contributed by atoms with Crippen LogP contribution in [0.25, 0.3) is 0 Å². The number of hydrogen-bond donors (Lipinski definition) is 2. The van der Waals surface area contributed by atoms with Crippen LogP contribution in [0, 0.1) is 6.92 Å². The van der Waals surface area contributed by atoms with E-state index in [0.717, 1.165) is 41.5 Å². The van der Waals surface area contributed by atoms with Crippen LogP contribution in [0.4, 0.5) is 5.69 Å². The Morgan fingerprint density at radius 1 is 1.41 bits per heavy atom. The van der Waals surface area contributed by atoms with Crippen molar-refractivity contribution in [2.24, 2.45) is 0 Å². The van der Waals surface area contributed by atoms with Crippen LogP contribution < -0.4 is 10.6 Å². The summed E-state index contributed by atoms with van der Waals surface area (Å²) in [5, 5.41) is 6.27. The Bertz CT molecular complexity index is 420. The highest BCUT2D eigenvalue weighted by Gasteiger charge is 2.20. The lowest BCUT2D eigenvalue weighted by molar-refractivity contribution is -0.121. The van der Waals surface area contributed by atoms with Crippen molar-refractivity contribution in [1.29, 1.82) is 0 Å². The minimum atomic E-state index is -0.0997. The van der Waals surface area contributed by atoms with Crippen molar-refractivity contribution >= 4 is 27.5 Å². The van der Waals surface area contributed by atoms with Gasteiger partial charge in [-0.15, -0.1) is 0 Å². The minimum Gasteiger partial charge on any atom is -0.373 e. The lowest BCUT2D eigenvalue weighted by Crippen LogP contribution is -2.38. The summed E-state index contributed by atoms with van der Waals surface area (Å²) in [6.07, 6.45) is 3.07. The second-order valence-electron chi connectivity index (χ2n) is 4.44. The molecule has 2 N–H and O–H groups in total. The third kappa shape index (κ3) is 3.22. The molecule has 17 heavy (non-hydrogen) atoms. The van der Waals surface area contributed by atoms with Gasteiger partial charge in [-0.05, 0) is 49.9 Å². The number of halogens is 1.